The summed E-state index contributed by atoms with van der Waals surface area (Å²) in [4.78, 5) is 13.7. The van der Waals surface area contributed by atoms with E-state index in [1.807, 2.05) is 47.1 Å². The summed E-state index contributed by atoms with van der Waals surface area (Å²) < 4.78 is 1.96. The molecule has 1 amide bonds. The molecule has 1 N–H and O–H groups in total. The molecule has 1 fully saturated rings. The Balaban J connectivity index is 1.61. The number of aromatic nitrogens is 2. The highest BCUT2D eigenvalue weighted by Crippen LogP contribution is 2.36. The van der Waals surface area contributed by atoms with Gasteiger partial charge in [0.05, 0.1) is 11.4 Å². The Morgan fingerprint density at radius 3 is 2.46 bits per heavy atom. The molecular formula is C31H35Cl2N3O. The van der Waals surface area contributed by atoms with Gasteiger partial charge in [-0.25, -0.2) is 4.68 Å². The van der Waals surface area contributed by atoms with Gasteiger partial charge in [-0.1, -0.05) is 60.7 Å². The van der Waals surface area contributed by atoms with Crippen LogP contribution in [0.5, 0.6) is 0 Å². The maximum atomic E-state index is 13.7. The Morgan fingerprint density at radius 2 is 1.70 bits per heavy atom. The van der Waals surface area contributed by atoms with Crippen molar-refractivity contribution in [2.75, 3.05) is 0 Å². The Hall–Kier alpha value is -2.56. The van der Waals surface area contributed by atoms with E-state index in [-0.39, 0.29) is 11.9 Å². The van der Waals surface area contributed by atoms with Crippen molar-refractivity contribution in [1.29, 1.82) is 0 Å². The van der Waals surface area contributed by atoms with E-state index in [9.17, 15) is 4.79 Å². The number of allylic oxidation sites excluding steroid dienone is 1. The predicted molar refractivity (Wildman–Crippen MR) is 154 cm³/mol. The van der Waals surface area contributed by atoms with E-state index in [2.05, 4.69) is 25.2 Å². The van der Waals surface area contributed by atoms with E-state index in [4.69, 9.17) is 28.3 Å². The maximum absolute atomic E-state index is 13.7. The summed E-state index contributed by atoms with van der Waals surface area (Å²) in [5, 5.41) is 9.69. The summed E-state index contributed by atoms with van der Waals surface area (Å²) in [6.07, 6.45) is 12.2. The van der Waals surface area contributed by atoms with Crippen LogP contribution < -0.4 is 5.32 Å². The number of amides is 1. The van der Waals surface area contributed by atoms with E-state index in [0.717, 1.165) is 53.8 Å². The fraction of sp³-hybridized carbons (Fsp3) is 0.419. The van der Waals surface area contributed by atoms with Crippen molar-refractivity contribution in [3.8, 4) is 5.69 Å². The molecule has 0 aliphatic heterocycles. The topological polar surface area (TPSA) is 46.9 Å². The zero-order chi connectivity index (χ0) is 25.9. The van der Waals surface area contributed by atoms with E-state index in [0.29, 0.717) is 21.7 Å². The second kappa shape index (κ2) is 11.4. The maximum Gasteiger partial charge on any atom is 0.272 e. The summed E-state index contributed by atoms with van der Waals surface area (Å²) in [7, 11) is 0. The van der Waals surface area contributed by atoms with Crippen molar-refractivity contribution in [2.45, 2.75) is 77.7 Å². The normalized spacial score (nSPS) is 18.3. The van der Waals surface area contributed by atoms with Crippen molar-refractivity contribution >= 4 is 40.8 Å². The van der Waals surface area contributed by atoms with Gasteiger partial charge in [-0.3, -0.25) is 4.79 Å². The van der Waals surface area contributed by atoms with Gasteiger partial charge >= 0.3 is 0 Å². The van der Waals surface area contributed by atoms with Gasteiger partial charge in [0.2, 0.25) is 0 Å². The number of benzene rings is 2. The lowest BCUT2D eigenvalue weighted by Gasteiger charge is -2.28. The molecule has 5 rings (SSSR count). The van der Waals surface area contributed by atoms with Crippen LogP contribution in [0.15, 0.2) is 42.5 Å². The molecular weight excluding hydrogens is 501 g/mol. The van der Waals surface area contributed by atoms with Crippen molar-refractivity contribution in [1.82, 2.24) is 15.1 Å². The number of hydrogen-bond acceptors (Lipinski definition) is 2. The fourth-order valence-electron chi connectivity index (χ4n) is 5.85. The molecule has 1 heterocycles. The van der Waals surface area contributed by atoms with E-state index in [1.54, 1.807) is 0 Å². The minimum absolute atomic E-state index is 0.0690. The second-order valence-electron chi connectivity index (χ2n) is 10.6. The van der Waals surface area contributed by atoms with Gasteiger partial charge in [0.1, 0.15) is 0 Å². The first-order valence-corrected chi connectivity index (χ1v) is 14.3. The zero-order valence-electron chi connectivity index (χ0n) is 21.7. The Labute approximate surface area is 230 Å². The predicted octanol–water partition coefficient (Wildman–Crippen LogP) is 8.45. The van der Waals surface area contributed by atoms with Crippen LogP contribution in [-0.4, -0.2) is 21.7 Å². The molecule has 0 radical (unpaired) electrons. The van der Waals surface area contributed by atoms with Crippen molar-refractivity contribution in [3.05, 3.63) is 80.6 Å². The molecule has 3 aromatic rings. The summed E-state index contributed by atoms with van der Waals surface area (Å²) in [6.45, 7) is 4.21. The van der Waals surface area contributed by atoms with Crippen LogP contribution >= 0.6 is 23.2 Å². The van der Waals surface area contributed by atoms with Crippen LogP contribution in [0.1, 0.15) is 91.2 Å². The molecule has 1 atom stereocenters. The molecule has 2 aliphatic carbocycles. The number of nitrogens with zero attached hydrogens (tertiary/aromatic N) is 2. The SMILES string of the molecule is Cc1ccc(Cl)cc1-n1nc(C(=O)N[C@@H](C)C2CCCCC2)c2c1/C(=C/c1ccc(Cl)cc1)CCCC2. The van der Waals surface area contributed by atoms with Gasteiger partial charge in [0.15, 0.2) is 5.69 Å². The summed E-state index contributed by atoms with van der Waals surface area (Å²) in [6, 6.07) is 13.9. The smallest absolute Gasteiger partial charge is 0.272 e. The van der Waals surface area contributed by atoms with Crippen molar-refractivity contribution in [2.24, 2.45) is 5.92 Å². The molecule has 4 nitrogen and oxygen atoms in total. The van der Waals surface area contributed by atoms with Gasteiger partial charge in [0.25, 0.3) is 5.91 Å². The monoisotopic (exact) mass is 535 g/mol. The number of fused-ring (bicyclic) bond motifs is 1. The number of hydrogen-bond donors (Lipinski definition) is 1. The molecule has 2 aromatic carbocycles. The highest BCUT2D eigenvalue weighted by molar-refractivity contribution is 6.31. The quantitative estimate of drug-likeness (QED) is 0.333. The van der Waals surface area contributed by atoms with Crippen LogP contribution in [0.3, 0.4) is 0 Å². The van der Waals surface area contributed by atoms with E-state index >= 15 is 0 Å². The first-order valence-electron chi connectivity index (χ1n) is 13.6. The van der Waals surface area contributed by atoms with Crippen LogP contribution in [0.4, 0.5) is 0 Å². The lowest BCUT2D eigenvalue weighted by molar-refractivity contribution is 0.0912. The summed E-state index contributed by atoms with van der Waals surface area (Å²) in [5.41, 5.74) is 6.83. The molecule has 0 bridgehead atoms. The van der Waals surface area contributed by atoms with Crippen LogP contribution in [-0.2, 0) is 6.42 Å². The van der Waals surface area contributed by atoms with Crippen LogP contribution in [0, 0.1) is 12.8 Å². The minimum atomic E-state index is -0.0690. The Bertz CT molecular complexity index is 1300. The van der Waals surface area contributed by atoms with Gasteiger partial charge in [-0.15, -0.1) is 0 Å². The average Bonchev–Trinajstić information content (AvgIpc) is 3.16. The Kier molecular flexibility index (Phi) is 8.07. The molecule has 0 saturated heterocycles. The number of halogens is 2. The molecule has 37 heavy (non-hydrogen) atoms. The molecule has 194 valence electrons. The Morgan fingerprint density at radius 1 is 1.00 bits per heavy atom. The third-order valence-corrected chi connectivity index (χ3v) is 8.44. The van der Waals surface area contributed by atoms with E-state index < -0.39 is 0 Å². The molecule has 0 spiro atoms. The number of carbonyl (C=O) groups excluding carboxylic acids is 1. The van der Waals surface area contributed by atoms with Crippen molar-refractivity contribution in [3.63, 3.8) is 0 Å². The van der Waals surface area contributed by atoms with Crippen LogP contribution in [0.2, 0.25) is 10.0 Å². The first kappa shape index (κ1) is 26.1. The van der Waals surface area contributed by atoms with Gasteiger partial charge in [-0.2, -0.15) is 5.10 Å². The molecule has 0 unspecified atom stereocenters. The molecule has 1 saturated carbocycles. The highest BCUT2D eigenvalue weighted by atomic mass is 35.5. The standard InChI is InChI=1S/C31H35Cl2N3O/c1-20-12-15-26(33)19-28(20)36-30-24(18-22-13-16-25(32)17-14-22)10-6-7-11-27(30)29(35-36)31(37)34-21(2)23-8-4-3-5-9-23/h12-19,21,23H,3-11H2,1-2H3,(H,34,37)/b24-18+/t21-/m0/s1. The molecule has 2 aliphatic rings. The third-order valence-electron chi connectivity index (χ3n) is 7.95. The van der Waals surface area contributed by atoms with Gasteiger partial charge in [0, 0.05) is 21.7 Å². The number of rotatable bonds is 5. The van der Waals surface area contributed by atoms with E-state index in [1.165, 1.54) is 37.7 Å². The fourth-order valence-corrected chi connectivity index (χ4v) is 6.14. The number of aryl methyl sites for hydroxylation is 1. The lowest BCUT2D eigenvalue weighted by atomic mass is 9.84. The third kappa shape index (κ3) is 5.81. The summed E-state index contributed by atoms with van der Waals surface area (Å²) >= 11 is 12.6. The van der Waals surface area contributed by atoms with Crippen LogP contribution in [0.25, 0.3) is 17.3 Å². The number of nitrogens with one attached hydrogen (secondary N) is 1. The highest BCUT2D eigenvalue weighted by Gasteiger charge is 2.30. The van der Waals surface area contributed by atoms with Gasteiger partial charge in [-0.05, 0) is 105 Å². The molecule has 1 aromatic heterocycles. The summed E-state index contributed by atoms with van der Waals surface area (Å²) in [5.74, 6) is 0.467. The first-order chi connectivity index (χ1) is 17.9. The largest absolute Gasteiger partial charge is 0.348 e. The minimum Gasteiger partial charge on any atom is -0.348 e. The van der Waals surface area contributed by atoms with Crippen molar-refractivity contribution < 1.29 is 4.79 Å². The molecule has 6 heteroatoms. The lowest BCUT2D eigenvalue weighted by Crippen LogP contribution is -2.39. The average molecular weight is 537 g/mol. The zero-order valence-corrected chi connectivity index (χ0v) is 23.2. The van der Waals surface area contributed by atoms with Gasteiger partial charge < -0.3 is 5.32 Å². The second-order valence-corrected chi connectivity index (χ2v) is 11.5. The number of carbonyl (C=O) groups is 1.